The molecule has 6 nitrogen and oxygen atoms in total. The number of amides is 2. The minimum atomic E-state index is -3.46. The SMILES string of the molecule is C=CS(=O)(=O)NC1CC2CC1CN2C(=O)NC(C)C#Cc1ccc(Cl)c(Cl)c1. The summed E-state index contributed by atoms with van der Waals surface area (Å²) in [6, 6.07) is 4.45. The van der Waals surface area contributed by atoms with Gasteiger partial charge >= 0.3 is 6.03 Å². The summed E-state index contributed by atoms with van der Waals surface area (Å²) < 4.78 is 26.0. The summed E-state index contributed by atoms with van der Waals surface area (Å²) in [4.78, 5) is 14.3. The molecule has 3 rings (SSSR count). The van der Waals surface area contributed by atoms with Crippen molar-refractivity contribution in [1.29, 1.82) is 0 Å². The number of carbonyl (C=O) groups is 1. The van der Waals surface area contributed by atoms with E-state index in [4.69, 9.17) is 23.2 Å². The van der Waals surface area contributed by atoms with Crippen LogP contribution in [0.1, 0.15) is 25.3 Å². The molecule has 2 bridgehead atoms. The summed E-state index contributed by atoms with van der Waals surface area (Å²) in [7, 11) is -3.46. The summed E-state index contributed by atoms with van der Waals surface area (Å²) in [5.41, 5.74) is 0.716. The van der Waals surface area contributed by atoms with Crippen molar-refractivity contribution < 1.29 is 13.2 Å². The maximum absolute atomic E-state index is 12.6. The van der Waals surface area contributed by atoms with Gasteiger partial charge in [0, 0.05) is 29.6 Å². The van der Waals surface area contributed by atoms with Crippen LogP contribution in [0.3, 0.4) is 0 Å². The molecule has 0 radical (unpaired) electrons. The molecule has 1 aromatic rings. The van der Waals surface area contributed by atoms with E-state index in [1.165, 1.54) is 0 Å². The number of carbonyl (C=O) groups excluding carboxylic acids is 1. The smallest absolute Gasteiger partial charge is 0.318 e. The number of rotatable bonds is 4. The molecule has 1 aliphatic carbocycles. The van der Waals surface area contributed by atoms with Gasteiger partial charge in [0.05, 0.1) is 16.1 Å². The highest BCUT2D eigenvalue weighted by Gasteiger charge is 2.47. The molecule has 1 aliphatic heterocycles. The normalized spacial score (nSPS) is 24.4. The molecule has 1 saturated carbocycles. The Balaban J connectivity index is 1.55. The highest BCUT2D eigenvalue weighted by molar-refractivity contribution is 7.92. The zero-order valence-electron chi connectivity index (χ0n) is 15.3. The van der Waals surface area contributed by atoms with Crippen molar-refractivity contribution >= 4 is 39.3 Å². The average Bonchev–Trinajstić information content (AvgIpc) is 3.22. The van der Waals surface area contributed by atoms with Crippen LogP contribution in [-0.4, -0.2) is 44.0 Å². The second-order valence-corrected chi connectivity index (χ2v) is 9.52. The van der Waals surface area contributed by atoms with Gasteiger partial charge in [-0.15, -0.1) is 0 Å². The lowest BCUT2D eigenvalue weighted by Crippen LogP contribution is -2.51. The summed E-state index contributed by atoms with van der Waals surface area (Å²) in [6.45, 7) is 5.63. The van der Waals surface area contributed by atoms with Crippen molar-refractivity contribution in [2.75, 3.05) is 6.54 Å². The highest BCUT2D eigenvalue weighted by atomic mass is 35.5. The fraction of sp³-hybridized carbons (Fsp3) is 0.421. The molecule has 4 atom stereocenters. The molecular formula is C19H21Cl2N3O3S. The molecule has 1 aromatic carbocycles. The average molecular weight is 442 g/mol. The van der Waals surface area contributed by atoms with Gasteiger partial charge in [0.2, 0.25) is 10.0 Å². The number of piperidine rings is 1. The minimum absolute atomic E-state index is 0.0257. The Morgan fingerprint density at radius 1 is 1.36 bits per heavy atom. The second-order valence-electron chi connectivity index (χ2n) is 7.04. The van der Waals surface area contributed by atoms with Crippen molar-refractivity contribution in [2.45, 2.75) is 37.9 Å². The van der Waals surface area contributed by atoms with E-state index >= 15 is 0 Å². The van der Waals surface area contributed by atoms with Gasteiger partial charge in [-0.1, -0.05) is 41.6 Å². The molecular weight excluding hydrogens is 421 g/mol. The van der Waals surface area contributed by atoms with Crippen LogP contribution in [0, 0.1) is 17.8 Å². The third-order valence-electron chi connectivity index (χ3n) is 5.03. The van der Waals surface area contributed by atoms with Gasteiger partial charge in [0.25, 0.3) is 0 Å². The van der Waals surface area contributed by atoms with Gasteiger partial charge in [0.15, 0.2) is 0 Å². The van der Waals surface area contributed by atoms with Crippen molar-refractivity contribution in [3.63, 3.8) is 0 Å². The molecule has 2 fully saturated rings. The van der Waals surface area contributed by atoms with E-state index in [1.54, 1.807) is 30.0 Å². The van der Waals surface area contributed by atoms with Crippen LogP contribution >= 0.6 is 23.2 Å². The van der Waals surface area contributed by atoms with E-state index in [0.29, 0.717) is 28.6 Å². The molecule has 9 heteroatoms. The number of hydrogen-bond donors (Lipinski definition) is 2. The lowest BCUT2D eigenvalue weighted by Gasteiger charge is -2.32. The van der Waals surface area contributed by atoms with Crippen LogP contribution in [0.25, 0.3) is 0 Å². The lowest BCUT2D eigenvalue weighted by atomic mass is 10.0. The predicted octanol–water partition coefficient (Wildman–Crippen LogP) is 2.97. The largest absolute Gasteiger partial charge is 0.325 e. The summed E-state index contributed by atoms with van der Waals surface area (Å²) in [5, 5.41) is 4.69. The molecule has 4 unspecified atom stereocenters. The van der Waals surface area contributed by atoms with Crippen LogP contribution in [0.5, 0.6) is 0 Å². The molecule has 2 N–H and O–H groups in total. The van der Waals surface area contributed by atoms with E-state index in [1.807, 2.05) is 0 Å². The monoisotopic (exact) mass is 441 g/mol. The van der Waals surface area contributed by atoms with E-state index < -0.39 is 10.0 Å². The van der Waals surface area contributed by atoms with Crippen LogP contribution in [-0.2, 0) is 10.0 Å². The van der Waals surface area contributed by atoms with Gasteiger partial charge in [-0.2, -0.15) is 0 Å². The van der Waals surface area contributed by atoms with E-state index in [9.17, 15) is 13.2 Å². The Bertz CT molecular complexity index is 955. The maximum Gasteiger partial charge on any atom is 0.318 e. The number of halogens is 2. The first-order valence-corrected chi connectivity index (χ1v) is 11.2. The van der Waals surface area contributed by atoms with E-state index in [0.717, 1.165) is 11.8 Å². The summed E-state index contributed by atoms with van der Waals surface area (Å²) in [6.07, 6.45) is 1.40. The molecule has 1 saturated heterocycles. The predicted molar refractivity (Wildman–Crippen MR) is 111 cm³/mol. The van der Waals surface area contributed by atoms with Gasteiger partial charge in [-0.3, -0.25) is 0 Å². The number of urea groups is 1. The zero-order chi connectivity index (χ0) is 20.5. The standard InChI is InChI=1S/C19H21Cl2N3O3S/c1-3-28(26,27)23-18-10-15-9-14(18)11-24(15)19(25)22-12(2)4-5-13-6-7-16(20)17(21)8-13/h3,6-8,12,14-15,18,23H,1,9-11H2,2H3,(H,22,25). The summed E-state index contributed by atoms with van der Waals surface area (Å²) in [5.74, 6) is 6.06. The number of nitrogens with zero attached hydrogens (tertiary/aromatic N) is 1. The summed E-state index contributed by atoms with van der Waals surface area (Å²) >= 11 is 11.9. The molecule has 0 spiro atoms. The fourth-order valence-electron chi connectivity index (χ4n) is 3.68. The fourth-order valence-corrected chi connectivity index (χ4v) is 4.78. The van der Waals surface area contributed by atoms with Gasteiger partial charge in [0.1, 0.15) is 0 Å². The zero-order valence-corrected chi connectivity index (χ0v) is 17.6. The van der Waals surface area contributed by atoms with Crippen molar-refractivity contribution in [2.24, 2.45) is 5.92 Å². The number of benzene rings is 1. The first-order valence-electron chi connectivity index (χ1n) is 8.87. The Morgan fingerprint density at radius 3 is 2.71 bits per heavy atom. The van der Waals surface area contributed by atoms with Crippen LogP contribution in [0.4, 0.5) is 4.79 Å². The molecule has 2 amide bonds. The topological polar surface area (TPSA) is 78.5 Å². The van der Waals surface area contributed by atoms with Crippen molar-refractivity contribution in [3.05, 3.63) is 45.8 Å². The number of hydrogen-bond acceptors (Lipinski definition) is 3. The number of nitrogens with one attached hydrogen (secondary N) is 2. The second kappa shape index (κ2) is 8.34. The first kappa shape index (κ1) is 21.0. The van der Waals surface area contributed by atoms with Gasteiger partial charge < -0.3 is 10.2 Å². The Hall–Kier alpha value is -1.72. The molecule has 28 heavy (non-hydrogen) atoms. The van der Waals surface area contributed by atoms with Crippen molar-refractivity contribution in [1.82, 2.24) is 14.9 Å². The Labute approximate surface area is 175 Å². The molecule has 0 aromatic heterocycles. The number of likely N-dealkylation sites (tertiary alicyclic amines) is 1. The Morgan fingerprint density at radius 2 is 2.11 bits per heavy atom. The maximum atomic E-state index is 12.6. The molecule has 150 valence electrons. The lowest BCUT2D eigenvalue weighted by molar-refractivity contribution is 0.174. The minimum Gasteiger partial charge on any atom is -0.325 e. The van der Waals surface area contributed by atoms with Crippen molar-refractivity contribution in [3.8, 4) is 11.8 Å². The molecule has 2 aliphatic rings. The van der Waals surface area contributed by atoms with Crippen LogP contribution < -0.4 is 10.0 Å². The third kappa shape index (κ3) is 4.81. The number of fused-ring (bicyclic) bond motifs is 2. The Kier molecular flexibility index (Phi) is 6.25. The van der Waals surface area contributed by atoms with Crippen LogP contribution in [0.2, 0.25) is 10.0 Å². The van der Waals surface area contributed by atoms with Gasteiger partial charge in [-0.25, -0.2) is 17.9 Å². The molecule has 1 heterocycles. The van der Waals surface area contributed by atoms with Gasteiger partial charge in [-0.05, 0) is 43.9 Å². The highest BCUT2D eigenvalue weighted by Crippen LogP contribution is 2.38. The third-order valence-corrected chi connectivity index (χ3v) is 6.84. The van der Waals surface area contributed by atoms with Crippen LogP contribution in [0.15, 0.2) is 30.2 Å². The number of sulfonamides is 1. The first-order chi connectivity index (χ1) is 13.2. The van der Waals surface area contributed by atoms with E-state index in [-0.39, 0.29) is 30.1 Å². The van der Waals surface area contributed by atoms with E-state index in [2.05, 4.69) is 28.5 Å². The quantitative estimate of drug-likeness (QED) is 0.704.